The summed E-state index contributed by atoms with van der Waals surface area (Å²) >= 11 is 0. The van der Waals surface area contributed by atoms with Gasteiger partial charge in [0.2, 0.25) is 5.95 Å². The van der Waals surface area contributed by atoms with Crippen molar-refractivity contribution >= 4 is 17.1 Å². The zero-order valence-electron chi connectivity index (χ0n) is 12.7. The standard InChI is InChI=1S/C14H23N5O2/c1-3-4-5-6-7-8-9-19-10-11(16-13(19)15)18(2)14(21)17-12(10)20/h3-9H2,1-2H3,(H2,15,16)(H,17,20,21). The number of aromatic amines is 1. The Morgan fingerprint density at radius 1 is 1.14 bits per heavy atom. The van der Waals surface area contributed by atoms with Gasteiger partial charge < -0.3 is 10.3 Å². The molecule has 0 saturated carbocycles. The van der Waals surface area contributed by atoms with Crippen LogP contribution in [0.4, 0.5) is 5.95 Å². The first-order chi connectivity index (χ1) is 10.1. The van der Waals surface area contributed by atoms with E-state index in [1.807, 2.05) is 0 Å². The first kappa shape index (κ1) is 15.3. The van der Waals surface area contributed by atoms with Crippen LogP contribution < -0.4 is 17.0 Å². The van der Waals surface area contributed by atoms with Crippen LogP contribution in [0.5, 0.6) is 0 Å². The number of fused-ring (bicyclic) bond motifs is 1. The van der Waals surface area contributed by atoms with E-state index in [-0.39, 0.29) is 5.95 Å². The number of aryl methyl sites for hydroxylation is 2. The number of nitrogens with one attached hydrogen (secondary N) is 1. The maximum absolute atomic E-state index is 12.0. The Hall–Kier alpha value is -2.05. The summed E-state index contributed by atoms with van der Waals surface area (Å²) in [6.45, 7) is 2.84. The van der Waals surface area contributed by atoms with Gasteiger partial charge in [0.05, 0.1) is 0 Å². The van der Waals surface area contributed by atoms with E-state index in [1.54, 1.807) is 11.6 Å². The van der Waals surface area contributed by atoms with Crippen LogP contribution in [0.25, 0.3) is 11.2 Å². The molecule has 0 unspecified atom stereocenters. The molecule has 21 heavy (non-hydrogen) atoms. The van der Waals surface area contributed by atoms with E-state index in [2.05, 4.69) is 16.9 Å². The molecule has 0 spiro atoms. The quantitative estimate of drug-likeness (QED) is 0.753. The Kier molecular flexibility index (Phi) is 4.82. The van der Waals surface area contributed by atoms with Gasteiger partial charge in [-0.1, -0.05) is 39.0 Å². The molecule has 0 aliphatic heterocycles. The number of aromatic nitrogens is 4. The molecule has 2 aromatic heterocycles. The summed E-state index contributed by atoms with van der Waals surface area (Å²) in [7, 11) is 1.57. The van der Waals surface area contributed by atoms with Gasteiger partial charge in [0, 0.05) is 13.6 Å². The second-order valence-electron chi connectivity index (χ2n) is 5.38. The zero-order chi connectivity index (χ0) is 15.4. The van der Waals surface area contributed by atoms with Crippen LogP contribution in [0, 0.1) is 0 Å². The molecule has 7 nitrogen and oxygen atoms in total. The Balaban J connectivity index is 2.17. The minimum absolute atomic E-state index is 0.283. The fraction of sp³-hybridized carbons (Fsp3) is 0.643. The average Bonchev–Trinajstić information content (AvgIpc) is 2.78. The molecule has 3 N–H and O–H groups in total. The predicted molar refractivity (Wildman–Crippen MR) is 83.4 cm³/mol. The lowest BCUT2D eigenvalue weighted by atomic mass is 10.1. The third-order valence-electron chi connectivity index (χ3n) is 3.77. The van der Waals surface area contributed by atoms with Crippen molar-refractivity contribution in [3.63, 3.8) is 0 Å². The zero-order valence-corrected chi connectivity index (χ0v) is 12.7. The molecule has 0 aliphatic carbocycles. The number of hydrogen-bond donors (Lipinski definition) is 2. The SMILES string of the molecule is CCCCCCCCn1c(N)nc2c1c(=O)[nH]c(=O)n2C. The summed E-state index contributed by atoms with van der Waals surface area (Å²) in [4.78, 5) is 30.0. The second kappa shape index (κ2) is 6.60. The number of nitrogens with zero attached hydrogens (tertiary/aromatic N) is 3. The molecule has 2 aromatic rings. The maximum Gasteiger partial charge on any atom is 0.329 e. The van der Waals surface area contributed by atoms with Crippen LogP contribution in [0.1, 0.15) is 45.4 Å². The molecular formula is C14H23N5O2. The van der Waals surface area contributed by atoms with Gasteiger partial charge in [-0.15, -0.1) is 0 Å². The predicted octanol–water partition coefficient (Wildman–Crippen LogP) is 1.37. The summed E-state index contributed by atoms with van der Waals surface area (Å²) in [5.41, 5.74) is 5.70. The second-order valence-corrected chi connectivity index (χ2v) is 5.38. The summed E-state index contributed by atoms with van der Waals surface area (Å²) < 4.78 is 3.01. The number of rotatable bonds is 7. The van der Waals surface area contributed by atoms with E-state index in [0.717, 1.165) is 12.8 Å². The summed E-state index contributed by atoms with van der Waals surface area (Å²) in [5, 5.41) is 0. The van der Waals surface area contributed by atoms with Crippen LogP contribution in [0.2, 0.25) is 0 Å². The molecule has 0 radical (unpaired) electrons. The van der Waals surface area contributed by atoms with Crippen LogP contribution in [-0.4, -0.2) is 19.1 Å². The van der Waals surface area contributed by atoms with E-state index >= 15 is 0 Å². The van der Waals surface area contributed by atoms with Gasteiger partial charge in [-0.05, 0) is 6.42 Å². The van der Waals surface area contributed by atoms with Gasteiger partial charge in [-0.2, -0.15) is 4.98 Å². The Morgan fingerprint density at radius 2 is 1.81 bits per heavy atom. The number of unbranched alkanes of at least 4 members (excludes halogenated alkanes) is 5. The first-order valence-corrected chi connectivity index (χ1v) is 7.51. The van der Waals surface area contributed by atoms with Gasteiger partial charge in [0.1, 0.15) is 0 Å². The van der Waals surface area contributed by atoms with Gasteiger partial charge in [-0.3, -0.25) is 14.3 Å². The largest absolute Gasteiger partial charge is 0.369 e. The van der Waals surface area contributed by atoms with Crippen molar-refractivity contribution < 1.29 is 0 Å². The van der Waals surface area contributed by atoms with Crippen LogP contribution >= 0.6 is 0 Å². The minimum atomic E-state index is -0.475. The summed E-state index contributed by atoms with van der Waals surface area (Å²) in [6, 6.07) is 0. The molecule has 0 bridgehead atoms. The van der Waals surface area contributed by atoms with Crippen LogP contribution in [-0.2, 0) is 13.6 Å². The number of imidazole rings is 1. The molecule has 0 aliphatic rings. The highest BCUT2D eigenvalue weighted by Gasteiger charge is 2.14. The van der Waals surface area contributed by atoms with E-state index in [1.165, 1.54) is 30.3 Å². The van der Waals surface area contributed by atoms with E-state index < -0.39 is 11.2 Å². The van der Waals surface area contributed by atoms with Crippen molar-refractivity contribution in [1.82, 2.24) is 19.1 Å². The van der Waals surface area contributed by atoms with Gasteiger partial charge in [0.15, 0.2) is 11.2 Å². The Labute approximate surface area is 122 Å². The smallest absolute Gasteiger partial charge is 0.329 e. The highest BCUT2D eigenvalue weighted by atomic mass is 16.2. The summed E-state index contributed by atoms with van der Waals surface area (Å²) in [6.07, 6.45) is 6.96. The molecule has 0 atom stereocenters. The van der Waals surface area contributed by atoms with E-state index in [9.17, 15) is 9.59 Å². The molecule has 2 heterocycles. The molecule has 116 valence electrons. The molecule has 0 aromatic carbocycles. The third kappa shape index (κ3) is 3.17. The van der Waals surface area contributed by atoms with Crippen molar-refractivity contribution in [1.29, 1.82) is 0 Å². The van der Waals surface area contributed by atoms with Crippen molar-refractivity contribution in [2.45, 2.75) is 52.0 Å². The normalized spacial score (nSPS) is 11.3. The van der Waals surface area contributed by atoms with Crippen molar-refractivity contribution in [3.8, 4) is 0 Å². The lowest BCUT2D eigenvalue weighted by Crippen LogP contribution is -2.29. The average molecular weight is 293 g/mol. The molecule has 7 heteroatoms. The molecular weight excluding hydrogens is 270 g/mol. The minimum Gasteiger partial charge on any atom is -0.369 e. The highest BCUT2D eigenvalue weighted by molar-refractivity contribution is 5.73. The summed E-state index contributed by atoms with van der Waals surface area (Å²) in [5.74, 6) is 0.283. The monoisotopic (exact) mass is 293 g/mol. The fourth-order valence-corrected chi connectivity index (χ4v) is 2.53. The van der Waals surface area contributed by atoms with Crippen molar-refractivity contribution in [2.24, 2.45) is 7.05 Å². The van der Waals surface area contributed by atoms with Gasteiger partial charge >= 0.3 is 5.69 Å². The van der Waals surface area contributed by atoms with Crippen molar-refractivity contribution in [2.75, 3.05) is 5.73 Å². The van der Waals surface area contributed by atoms with Gasteiger partial charge in [-0.25, -0.2) is 4.79 Å². The van der Waals surface area contributed by atoms with Gasteiger partial charge in [0.25, 0.3) is 5.56 Å². The van der Waals surface area contributed by atoms with E-state index in [0.29, 0.717) is 17.7 Å². The lowest BCUT2D eigenvalue weighted by Gasteiger charge is -2.06. The maximum atomic E-state index is 12.0. The number of nitrogens with two attached hydrogens (primary N) is 1. The number of anilines is 1. The molecule has 0 amide bonds. The third-order valence-corrected chi connectivity index (χ3v) is 3.77. The molecule has 0 saturated heterocycles. The molecule has 2 rings (SSSR count). The number of hydrogen-bond acceptors (Lipinski definition) is 4. The fourth-order valence-electron chi connectivity index (χ4n) is 2.53. The number of H-pyrrole nitrogens is 1. The number of nitrogen functional groups attached to an aromatic ring is 1. The van der Waals surface area contributed by atoms with Crippen LogP contribution in [0.3, 0.4) is 0 Å². The van der Waals surface area contributed by atoms with Crippen molar-refractivity contribution in [3.05, 3.63) is 20.8 Å². The van der Waals surface area contributed by atoms with E-state index in [4.69, 9.17) is 5.73 Å². The van der Waals surface area contributed by atoms with Crippen LogP contribution in [0.15, 0.2) is 9.59 Å². The first-order valence-electron chi connectivity index (χ1n) is 7.51. The Morgan fingerprint density at radius 3 is 2.52 bits per heavy atom. The Bertz CT molecular complexity index is 725. The highest BCUT2D eigenvalue weighted by Crippen LogP contribution is 2.14. The molecule has 0 fully saturated rings. The topological polar surface area (TPSA) is 98.7 Å². The lowest BCUT2D eigenvalue weighted by molar-refractivity contribution is 0.566.